The van der Waals surface area contributed by atoms with E-state index in [1.807, 2.05) is 6.07 Å². The highest BCUT2D eigenvalue weighted by molar-refractivity contribution is 7.16. The van der Waals surface area contributed by atoms with Crippen LogP contribution in [0.15, 0.2) is 35.4 Å². The Kier molecular flexibility index (Phi) is 3.09. The highest BCUT2D eigenvalue weighted by Gasteiger charge is 2.35. The van der Waals surface area contributed by atoms with Crippen LogP contribution in [0.25, 0.3) is 27.1 Å². The first-order valence-electron chi connectivity index (χ1n) is 7.98. The second kappa shape index (κ2) is 5.16. The summed E-state index contributed by atoms with van der Waals surface area (Å²) < 4.78 is 41.5. The SMILES string of the molecule is O=c1[nH]c2ccc(-c3c(C4CC4)nc4cnc(C(F)(F)F)cn34)cc2s1. The van der Waals surface area contributed by atoms with Crippen LogP contribution in [0.5, 0.6) is 0 Å². The molecule has 1 fully saturated rings. The molecule has 0 spiro atoms. The molecule has 0 amide bonds. The number of imidazole rings is 1. The number of alkyl halides is 3. The predicted octanol–water partition coefficient (Wildman–Crippen LogP) is 4.20. The fourth-order valence-electron chi connectivity index (χ4n) is 3.14. The average Bonchev–Trinajstić information content (AvgIpc) is 3.25. The number of nitrogens with one attached hydrogen (secondary N) is 1. The monoisotopic (exact) mass is 376 g/mol. The normalized spacial score (nSPS) is 15.2. The van der Waals surface area contributed by atoms with E-state index in [1.165, 1.54) is 4.40 Å². The number of aromatic nitrogens is 4. The van der Waals surface area contributed by atoms with Gasteiger partial charge in [-0.2, -0.15) is 13.2 Å². The van der Waals surface area contributed by atoms with Crippen LogP contribution in [0.4, 0.5) is 13.2 Å². The molecule has 0 aliphatic heterocycles. The minimum Gasteiger partial charge on any atom is -0.312 e. The van der Waals surface area contributed by atoms with Crippen molar-refractivity contribution in [3.63, 3.8) is 0 Å². The van der Waals surface area contributed by atoms with Crippen molar-refractivity contribution in [2.75, 3.05) is 0 Å². The second-order valence-corrected chi connectivity index (χ2v) is 7.36. The first kappa shape index (κ1) is 15.6. The van der Waals surface area contributed by atoms with Gasteiger partial charge in [-0.05, 0) is 25.0 Å². The van der Waals surface area contributed by atoms with Crippen LogP contribution in [0.1, 0.15) is 30.1 Å². The number of rotatable bonds is 2. The molecule has 1 aliphatic rings. The zero-order valence-electron chi connectivity index (χ0n) is 13.2. The van der Waals surface area contributed by atoms with Crippen molar-refractivity contribution in [3.8, 4) is 11.3 Å². The Hall–Kier alpha value is -2.68. The van der Waals surface area contributed by atoms with Crippen molar-refractivity contribution < 1.29 is 13.2 Å². The Morgan fingerprint density at radius 1 is 1.27 bits per heavy atom. The van der Waals surface area contributed by atoms with E-state index in [0.29, 0.717) is 16.9 Å². The lowest BCUT2D eigenvalue weighted by atomic mass is 10.1. The summed E-state index contributed by atoms with van der Waals surface area (Å²) in [6.07, 6.45) is -0.440. The fraction of sp³-hybridized carbons (Fsp3) is 0.235. The summed E-state index contributed by atoms with van der Waals surface area (Å²) in [5.41, 5.74) is 2.30. The van der Waals surface area contributed by atoms with E-state index in [9.17, 15) is 18.0 Å². The van der Waals surface area contributed by atoms with Gasteiger partial charge in [-0.25, -0.2) is 9.97 Å². The molecular formula is C17H11F3N4OS. The summed E-state index contributed by atoms with van der Waals surface area (Å²) in [5.74, 6) is 0.250. The third kappa shape index (κ3) is 2.42. The van der Waals surface area contributed by atoms with Crippen LogP contribution in [-0.2, 0) is 6.18 Å². The van der Waals surface area contributed by atoms with Gasteiger partial charge in [0.05, 0.1) is 27.8 Å². The number of aromatic amines is 1. The zero-order chi connectivity index (χ0) is 18.1. The van der Waals surface area contributed by atoms with Crippen molar-refractivity contribution >= 4 is 27.2 Å². The molecule has 4 aromatic rings. The van der Waals surface area contributed by atoms with E-state index in [2.05, 4.69) is 15.0 Å². The van der Waals surface area contributed by atoms with Crippen LogP contribution in [0.3, 0.4) is 0 Å². The maximum absolute atomic E-state index is 13.1. The first-order valence-corrected chi connectivity index (χ1v) is 8.80. The largest absolute Gasteiger partial charge is 0.434 e. The van der Waals surface area contributed by atoms with Crippen molar-refractivity contribution in [1.82, 2.24) is 19.4 Å². The van der Waals surface area contributed by atoms with E-state index in [0.717, 1.165) is 52.5 Å². The van der Waals surface area contributed by atoms with Gasteiger partial charge in [0.2, 0.25) is 0 Å². The van der Waals surface area contributed by atoms with Gasteiger partial charge in [0.1, 0.15) is 0 Å². The number of hydrogen-bond acceptors (Lipinski definition) is 4. The molecule has 1 saturated carbocycles. The molecular weight excluding hydrogens is 365 g/mol. The highest BCUT2D eigenvalue weighted by Crippen LogP contribution is 2.44. The molecule has 1 N–H and O–H groups in total. The lowest BCUT2D eigenvalue weighted by Crippen LogP contribution is -2.09. The number of hydrogen-bond donors (Lipinski definition) is 1. The third-order valence-corrected chi connectivity index (χ3v) is 5.33. The van der Waals surface area contributed by atoms with Gasteiger partial charge in [0.15, 0.2) is 11.3 Å². The van der Waals surface area contributed by atoms with Crippen LogP contribution in [0, 0.1) is 0 Å². The quantitative estimate of drug-likeness (QED) is 0.570. The van der Waals surface area contributed by atoms with E-state index >= 15 is 0 Å². The van der Waals surface area contributed by atoms with Crippen LogP contribution in [-0.4, -0.2) is 19.4 Å². The van der Waals surface area contributed by atoms with E-state index in [4.69, 9.17) is 0 Å². The summed E-state index contributed by atoms with van der Waals surface area (Å²) in [6, 6.07) is 5.39. The molecule has 3 heterocycles. The van der Waals surface area contributed by atoms with E-state index in [-0.39, 0.29) is 10.8 Å². The lowest BCUT2D eigenvalue weighted by Gasteiger charge is -2.08. The Bertz CT molecular complexity index is 1220. The van der Waals surface area contributed by atoms with Crippen molar-refractivity contribution in [1.29, 1.82) is 0 Å². The van der Waals surface area contributed by atoms with Gasteiger partial charge < -0.3 is 4.98 Å². The Balaban J connectivity index is 1.80. The molecule has 5 rings (SSSR count). The fourth-order valence-corrected chi connectivity index (χ4v) is 3.92. The molecule has 5 nitrogen and oxygen atoms in total. The molecule has 3 aromatic heterocycles. The molecule has 0 saturated heterocycles. The van der Waals surface area contributed by atoms with Gasteiger partial charge in [-0.3, -0.25) is 9.20 Å². The molecule has 0 radical (unpaired) electrons. The smallest absolute Gasteiger partial charge is 0.312 e. The number of benzene rings is 1. The number of H-pyrrole nitrogens is 1. The summed E-state index contributed by atoms with van der Waals surface area (Å²) in [6.45, 7) is 0. The van der Waals surface area contributed by atoms with Gasteiger partial charge in [0, 0.05) is 17.7 Å². The molecule has 132 valence electrons. The molecule has 1 aromatic carbocycles. The Morgan fingerprint density at radius 2 is 2.08 bits per heavy atom. The van der Waals surface area contributed by atoms with Crippen molar-refractivity contribution in [3.05, 3.63) is 51.6 Å². The molecule has 26 heavy (non-hydrogen) atoms. The molecule has 0 unspecified atom stereocenters. The zero-order valence-corrected chi connectivity index (χ0v) is 14.0. The molecule has 0 bridgehead atoms. The topological polar surface area (TPSA) is 63.0 Å². The summed E-state index contributed by atoms with van der Waals surface area (Å²) in [5, 5.41) is 0. The standard InChI is InChI=1S/C17H11F3N4OS/c18-17(19,20)12-7-24-13(6-21-12)23-14(8-1-2-8)15(24)9-3-4-10-11(5-9)26-16(25)22-10/h3-8H,1-2H2,(H,22,25). The van der Waals surface area contributed by atoms with Gasteiger partial charge in [-0.1, -0.05) is 17.4 Å². The van der Waals surface area contributed by atoms with Crippen molar-refractivity contribution in [2.24, 2.45) is 0 Å². The van der Waals surface area contributed by atoms with Crippen LogP contribution >= 0.6 is 11.3 Å². The predicted molar refractivity (Wildman–Crippen MR) is 91.4 cm³/mol. The third-order valence-electron chi connectivity index (χ3n) is 4.48. The number of halogens is 3. The number of fused-ring (bicyclic) bond motifs is 2. The molecule has 1 aliphatic carbocycles. The summed E-state index contributed by atoms with van der Waals surface area (Å²) in [7, 11) is 0. The Labute approximate surface area is 148 Å². The average molecular weight is 376 g/mol. The number of thiazole rings is 1. The first-order chi connectivity index (χ1) is 12.4. The highest BCUT2D eigenvalue weighted by atomic mass is 32.1. The second-order valence-electron chi connectivity index (χ2n) is 6.34. The van der Waals surface area contributed by atoms with Gasteiger partial charge in [0.25, 0.3) is 0 Å². The van der Waals surface area contributed by atoms with E-state index < -0.39 is 11.9 Å². The maximum Gasteiger partial charge on any atom is 0.434 e. The maximum atomic E-state index is 13.1. The minimum absolute atomic E-state index is 0.165. The van der Waals surface area contributed by atoms with Crippen molar-refractivity contribution in [2.45, 2.75) is 24.9 Å². The molecule has 9 heteroatoms. The lowest BCUT2D eigenvalue weighted by molar-refractivity contribution is -0.141. The Morgan fingerprint density at radius 3 is 2.81 bits per heavy atom. The van der Waals surface area contributed by atoms with Crippen LogP contribution < -0.4 is 4.87 Å². The minimum atomic E-state index is -4.53. The van der Waals surface area contributed by atoms with Crippen LogP contribution in [0.2, 0.25) is 0 Å². The van der Waals surface area contributed by atoms with E-state index in [1.54, 1.807) is 12.1 Å². The van der Waals surface area contributed by atoms with Gasteiger partial charge in [-0.15, -0.1) is 0 Å². The van der Waals surface area contributed by atoms with Gasteiger partial charge >= 0.3 is 11.0 Å². The summed E-state index contributed by atoms with van der Waals surface area (Å²) >= 11 is 1.07. The summed E-state index contributed by atoms with van der Waals surface area (Å²) in [4.78, 5) is 22.1. The molecule has 0 atom stereocenters. The number of nitrogens with zero attached hydrogens (tertiary/aromatic N) is 3.